The molecule has 2 aromatic carbocycles. The minimum Gasteiger partial charge on any atom is -0.497 e. The van der Waals surface area contributed by atoms with Crippen LogP contribution in [-0.4, -0.2) is 28.6 Å². The number of para-hydroxylation sites is 1. The van der Waals surface area contributed by atoms with Crippen LogP contribution in [0.2, 0.25) is 10.0 Å². The molecule has 0 radical (unpaired) electrons. The van der Waals surface area contributed by atoms with Crippen LogP contribution >= 0.6 is 23.2 Å². The number of ether oxygens (including phenoxy) is 1. The van der Waals surface area contributed by atoms with E-state index < -0.39 is 0 Å². The number of amidine groups is 1. The third kappa shape index (κ3) is 4.88. The standard InChI is InChI=1S/C28H29Cl2N5O/c1-17-13-20(36-2)11-12-21(17)18-14-25-26(33-19-7-4-3-5-8-19)22(15-32-35(25)16-18)28(31)34-27-23(29)9-6-10-24(27)30/h6,9-16,19,33H,3-5,7-8H2,1-2H3,(H2,31,34). The van der Waals surface area contributed by atoms with Crippen LogP contribution in [0.25, 0.3) is 16.6 Å². The van der Waals surface area contributed by atoms with Gasteiger partial charge in [-0.3, -0.25) is 0 Å². The molecule has 1 saturated carbocycles. The summed E-state index contributed by atoms with van der Waals surface area (Å²) in [7, 11) is 1.68. The number of fused-ring (bicyclic) bond motifs is 1. The molecule has 0 unspecified atom stereocenters. The SMILES string of the molecule is COc1ccc(-c2cc3c(NC4CCCCC4)c(/C(N)=N/c4c(Cl)cccc4Cl)cnn3c2)c(C)c1. The molecule has 0 bridgehead atoms. The van der Waals surface area contributed by atoms with Crippen molar-refractivity contribution in [2.45, 2.75) is 45.1 Å². The highest BCUT2D eigenvalue weighted by Crippen LogP contribution is 2.36. The molecule has 186 valence electrons. The molecule has 0 aliphatic heterocycles. The minimum atomic E-state index is 0.307. The molecule has 0 saturated heterocycles. The molecule has 0 atom stereocenters. The van der Waals surface area contributed by atoms with Crippen molar-refractivity contribution in [1.29, 1.82) is 0 Å². The molecule has 6 nitrogen and oxygen atoms in total. The summed E-state index contributed by atoms with van der Waals surface area (Å²) in [6.45, 7) is 2.08. The van der Waals surface area contributed by atoms with Crippen molar-refractivity contribution in [3.05, 3.63) is 76.0 Å². The van der Waals surface area contributed by atoms with Crippen LogP contribution in [0.1, 0.15) is 43.2 Å². The number of aryl methyl sites for hydroxylation is 1. The van der Waals surface area contributed by atoms with Gasteiger partial charge in [0.05, 0.1) is 40.1 Å². The first-order chi connectivity index (χ1) is 17.4. The van der Waals surface area contributed by atoms with E-state index in [1.807, 2.05) is 22.8 Å². The Hall–Kier alpha value is -3.22. The summed E-state index contributed by atoms with van der Waals surface area (Å²) in [6, 6.07) is 13.9. The highest BCUT2D eigenvalue weighted by Gasteiger charge is 2.20. The van der Waals surface area contributed by atoms with Crippen LogP contribution in [0.3, 0.4) is 0 Å². The van der Waals surface area contributed by atoms with Crippen molar-refractivity contribution in [2.75, 3.05) is 12.4 Å². The first-order valence-electron chi connectivity index (χ1n) is 12.2. The number of hydrogen-bond donors (Lipinski definition) is 2. The quantitative estimate of drug-likeness (QED) is 0.204. The number of aromatic nitrogens is 2. The van der Waals surface area contributed by atoms with Crippen LogP contribution < -0.4 is 15.8 Å². The first kappa shape index (κ1) is 24.5. The zero-order valence-electron chi connectivity index (χ0n) is 20.4. The summed E-state index contributed by atoms with van der Waals surface area (Å²) in [5.41, 5.74) is 12.9. The Balaban J connectivity index is 1.64. The zero-order valence-corrected chi connectivity index (χ0v) is 21.9. The summed E-state index contributed by atoms with van der Waals surface area (Å²) >= 11 is 12.7. The number of nitrogens with two attached hydrogens (primary N) is 1. The molecule has 1 aliphatic rings. The van der Waals surface area contributed by atoms with Crippen LogP contribution in [0, 0.1) is 6.92 Å². The minimum absolute atomic E-state index is 0.307. The van der Waals surface area contributed by atoms with E-state index in [-0.39, 0.29) is 0 Å². The lowest BCUT2D eigenvalue weighted by atomic mass is 9.95. The van der Waals surface area contributed by atoms with Gasteiger partial charge in [0.25, 0.3) is 0 Å². The van der Waals surface area contributed by atoms with Crippen LogP contribution in [-0.2, 0) is 0 Å². The molecular formula is C28H29Cl2N5O. The summed E-state index contributed by atoms with van der Waals surface area (Å²) in [6.07, 6.45) is 9.73. The van der Waals surface area contributed by atoms with Crippen molar-refractivity contribution in [3.63, 3.8) is 0 Å². The maximum atomic E-state index is 6.57. The van der Waals surface area contributed by atoms with Crippen molar-refractivity contribution >= 4 is 45.9 Å². The van der Waals surface area contributed by atoms with Gasteiger partial charge in [0.1, 0.15) is 17.3 Å². The average molecular weight is 522 g/mol. The van der Waals surface area contributed by atoms with Gasteiger partial charge in [-0.15, -0.1) is 0 Å². The first-order valence-corrected chi connectivity index (χ1v) is 12.9. The second-order valence-corrected chi connectivity index (χ2v) is 10.0. The average Bonchev–Trinajstić information content (AvgIpc) is 3.31. The monoisotopic (exact) mass is 521 g/mol. The second-order valence-electron chi connectivity index (χ2n) is 9.22. The van der Waals surface area contributed by atoms with Crippen LogP contribution in [0.5, 0.6) is 5.75 Å². The van der Waals surface area contributed by atoms with E-state index in [9.17, 15) is 0 Å². The van der Waals surface area contributed by atoms with Crippen LogP contribution in [0.15, 0.2) is 59.9 Å². The Morgan fingerprint density at radius 1 is 1.11 bits per heavy atom. The molecule has 4 aromatic rings. The Bertz CT molecular complexity index is 1420. The van der Waals surface area contributed by atoms with Crippen molar-refractivity contribution in [2.24, 2.45) is 10.7 Å². The highest BCUT2D eigenvalue weighted by atomic mass is 35.5. The number of nitrogens with zero attached hydrogens (tertiary/aromatic N) is 3. The largest absolute Gasteiger partial charge is 0.497 e. The van der Waals surface area contributed by atoms with E-state index in [4.69, 9.17) is 33.7 Å². The Kier molecular flexibility index (Phi) is 7.08. The van der Waals surface area contributed by atoms with Gasteiger partial charge in [0.15, 0.2) is 0 Å². The van der Waals surface area contributed by atoms with E-state index in [0.29, 0.717) is 27.6 Å². The molecular weight excluding hydrogens is 493 g/mol. The number of benzene rings is 2. The van der Waals surface area contributed by atoms with Gasteiger partial charge in [-0.2, -0.15) is 5.10 Å². The predicted molar refractivity (Wildman–Crippen MR) is 149 cm³/mol. The molecule has 3 N–H and O–H groups in total. The van der Waals surface area contributed by atoms with Crippen molar-refractivity contribution < 1.29 is 4.74 Å². The fourth-order valence-electron chi connectivity index (χ4n) is 4.86. The molecule has 5 rings (SSSR count). The summed E-state index contributed by atoms with van der Waals surface area (Å²) in [5.74, 6) is 1.14. The smallest absolute Gasteiger partial charge is 0.135 e. The van der Waals surface area contributed by atoms with Gasteiger partial charge < -0.3 is 15.8 Å². The fraction of sp³-hybridized carbons (Fsp3) is 0.286. The number of halogens is 2. The van der Waals surface area contributed by atoms with E-state index in [1.165, 1.54) is 19.3 Å². The molecule has 0 spiro atoms. The topological polar surface area (TPSA) is 76.9 Å². The second kappa shape index (κ2) is 10.4. The Morgan fingerprint density at radius 2 is 1.86 bits per heavy atom. The van der Waals surface area contributed by atoms with Crippen LogP contribution in [0.4, 0.5) is 11.4 Å². The normalized spacial score (nSPS) is 14.8. The molecule has 2 aromatic heterocycles. The lowest BCUT2D eigenvalue weighted by molar-refractivity contribution is 0.414. The van der Waals surface area contributed by atoms with Gasteiger partial charge in [-0.05, 0) is 61.2 Å². The molecule has 1 fully saturated rings. The van der Waals surface area contributed by atoms with Crippen molar-refractivity contribution in [1.82, 2.24) is 9.61 Å². The maximum absolute atomic E-state index is 6.57. The number of aliphatic imine (C=N–C) groups is 1. The molecule has 8 heteroatoms. The third-order valence-electron chi connectivity index (χ3n) is 6.78. The summed E-state index contributed by atoms with van der Waals surface area (Å²) in [5, 5.41) is 9.35. The van der Waals surface area contributed by atoms with Gasteiger partial charge in [0.2, 0.25) is 0 Å². The molecule has 0 amide bonds. The summed E-state index contributed by atoms with van der Waals surface area (Å²) < 4.78 is 7.28. The zero-order chi connectivity index (χ0) is 25.2. The highest BCUT2D eigenvalue weighted by molar-refractivity contribution is 6.39. The maximum Gasteiger partial charge on any atom is 0.135 e. The van der Waals surface area contributed by atoms with E-state index in [0.717, 1.165) is 52.0 Å². The van der Waals surface area contributed by atoms with E-state index >= 15 is 0 Å². The summed E-state index contributed by atoms with van der Waals surface area (Å²) in [4.78, 5) is 4.61. The third-order valence-corrected chi connectivity index (χ3v) is 7.39. The van der Waals surface area contributed by atoms with Gasteiger partial charge in [-0.25, -0.2) is 9.51 Å². The number of rotatable bonds is 6. The predicted octanol–water partition coefficient (Wildman–Crippen LogP) is 7.41. The van der Waals surface area contributed by atoms with Gasteiger partial charge in [0, 0.05) is 17.8 Å². The number of hydrogen-bond acceptors (Lipinski definition) is 4. The Labute approximate surface area is 221 Å². The molecule has 1 aliphatic carbocycles. The fourth-order valence-corrected chi connectivity index (χ4v) is 5.35. The number of methoxy groups -OCH3 is 1. The lowest BCUT2D eigenvalue weighted by Gasteiger charge is -2.25. The van der Waals surface area contributed by atoms with E-state index in [2.05, 4.69) is 34.5 Å². The number of nitrogens with one attached hydrogen (secondary N) is 1. The van der Waals surface area contributed by atoms with E-state index in [1.54, 1.807) is 31.5 Å². The van der Waals surface area contributed by atoms with Crippen molar-refractivity contribution in [3.8, 4) is 16.9 Å². The number of anilines is 1. The lowest BCUT2D eigenvalue weighted by Crippen LogP contribution is -2.25. The molecule has 36 heavy (non-hydrogen) atoms. The Morgan fingerprint density at radius 3 is 2.56 bits per heavy atom. The molecule has 2 heterocycles. The van der Waals surface area contributed by atoms with Gasteiger partial charge in [-0.1, -0.05) is 54.6 Å². The van der Waals surface area contributed by atoms with Gasteiger partial charge >= 0.3 is 0 Å².